The van der Waals surface area contributed by atoms with Gasteiger partial charge in [0.1, 0.15) is 11.6 Å². The molecule has 104 valence electrons. The highest BCUT2D eigenvalue weighted by atomic mass is 16.5. The van der Waals surface area contributed by atoms with Gasteiger partial charge in [0, 0.05) is 13.1 Å². The van der Waals surface area contributed by atoms with E-state index in [2.05, 4.69) is 24.2 Å². The van der Waals surface area contributed by atoms with E-state index in [-0.39, 0.29) is 17.6 Å². The molecule has 2 saturated heterocycles. The maximum atomic E-state index is 12.4. The van der Waals surface area contributed by atoms with Gasteiger partial charge in [-0.1, -0.05) is 13.3 Å². The van der Waals surface area contributed by atoms with E-state index in [9.17, 15) is 4.79 Å². The lowest BCUT2D eigenvalue weighted by molar-refractivity contribution is -0.159. The van der Waals surface area contributed by atoms with Crippen LogP contribution in [0, 0.1) is 0 Å². The van der Waals surface area contributed by atoms with Gasteiger partial charge in [0.2, 0.25) is 0 Å². The molecule has 1 atom stereocenters. The Morgan fingerprint density at radius 1 is 1.44 bits per heavy atom. The highest BCUT2D eigenvalue weighted by Gasteiger charge is 2.42. The van der Waals surface area contributed by atoms with Crippen LogP contribution < -0.4 is 5.32 Å². The molecule has 0 saturated carbocycles. The van der Waals surface area contributed by atoms with Crippen LogP contribution in [0.25, 0.3) is 0 Å². The second kappa shape index (κ2) is 6.02. The van der Waals surface area contributed by atoms with Crippen molar-refractivity contribution in [2.24, 2.45) is 0 Å². The summed E-state index contributed by atoms with van der Waals surface area (Å²) in [6.07, 6.45) is 6.03. The number of piperidine rings is 1. The number of likely N-dealkylation sites (tertiary alicyclic amines) is 1. The van der Waals surface area contributed by atoms with Crippen LogP contribution in [0.4, 0.5) is 0 Å². The standard InChI is InChI=1S/C14H26N2O2/c1-3-7-14(8-4-9-15-14)13(17)18-12-5-10-16(2)11-6-12/h12,15H,3-11H2,1-2H3. The Bertz CT molecular complexity index is 280. The molecule has 0 aromatic carbocycles. The monoisotopic (exact) mass is 254 g/mol. The van der Waals surface area contributed by atoms with Crippen molar-refractivity contribution in [2.75, 3.05) is 26.7 Å². The number of hydrogen-bond donors (Lipinski definition) is 1. The van der Waals surface area contributed by atoms with Crippen LogP contribution in [-0.4, -0.2) is 49.2 Å². The van der Waals surface area contributed by atoms with E-state index < -0.39 is 0 Å². The number of carbonyl (C=O) groups is 1. The van der Waals surface area contributed by atoms with Crippen molar-refractivity contribution in [3.63, 3.8) is 0 Å². The molecule has 2 heterocycles. The molecule has 2 aliphatic heterocycles. The number of carbonyl (C=O) groups excluding carboxylic acids is 1. The first kappa shape index (κ1) is 13.8. The summed E-state index contributed by atoms with van der Waals surface area (Å²) in [6, 6.07) is 0. The lowest BCUT2D eigenvalue weighted by atomic mass is 9.92. The van der Waals surface area contributed by atoms with E-state index in [0.29, 0.717) is 0 Å². The number of ether oxygens (including phenoxy) is 1. The third-order valence-electron chi connectivity index (χ3n) is 4.25. The first-order valence-electron chi connectivity index (χ1n) is 7.31. The Morgan fingerprint density at radius 2 is 2.17 bits per heavy atom. The molecule has 0 aliphatic carbocycles. The lowest BCUT2D eigenvalue weighted by Gasteiger charge is -2.33. The molecule has 1 unspecified atom stereocenters. The summed E-state index contributed by atoms with van der Waals surface area (Å²) in [5, 5.41) is 3.38. The molecule has 18 heavy (non-hydrogen) atoms. The van der Waals surface area contributed by atoms with Crippen molar-refractivity contribution >= 4 is 5.97 Å². The second-order valence-electron chi connectivity index (χ2n) is 5.77. The zero-order chi connectivity index (χ0) is 13.0. The normalized spacial score (nSPS) is 30.6. The number of hydrogen-bond acceptors (Lipinski definition) is 4. The van der Waals surface area contributed by atoms with E-state index >= 15 is 0 Å². The van der Waals surface area contributed by atoms with Crippen LogP contribution in [0.1, 0.15) is 45.4 Å². The third-order valence-corrected chi connectivity index (χ3v) is 4.25. The Morgan fingerprint density at radius 3 is 2.72 bits per heavy atom. The molecule has 0 radical (unpaired) electrons. The number of nitrogens with one attached hydrogen (secondary N) is 1. The van der Waals surface area contributed by atoms with Gasteiger partial charge in [-0.15, -0.1) is 0 Å². The zero-order valence-electron chi connectivity index (χ0n) is 11.7. The predicted octanol–water partition coefficient (Wildman–Crippen LogP) is 1.55. The van der Waals surface area contributed by atoms with Gasteiger partial charge in [-0.3, -0.25) is 4.79 Å². The van der Waals surface area contributed by atoms with Crippen LogP contribution in [0.2, 0.25) is 0 Å². The number of esters is 1. The molecule has 0 aromatic rings. The van der Waals surface area contributed by atoms with Crippen LogP contribution in [0.3, 0.4) is 0 Å². The van der Waals surface area contributed by atoms with E-state index in [1.165, 1.54) is 0 Å². The fraction of sp³-hybridized carbons (Fsp3) is 0.929. The number of nitrogens with zero attached hydrogens (tertiary/aromatic N) is 1. The molecule has 0 amide bonds. The van der Waals surface area contributed by atoms with Gasteiger partial charge in [-0.05, 0) is 45.7 Å². The molecule has 0 aromatic heterocycles. The number of rotatable bonds is 4. The smallest absolute Gasteiger partial charge is 0.326 e. The molecule has 0 spiro atoms. The summed E-state index contributed by atoms with van der Waals surface area (Å²) in [5.41, 5.74) is -0.377. The van der Waals surface area contributed by atoms with Gasteiger partial charge in [0.15, 0.2) is 0 Å². The summed E-state index contributed by atoms with van der Waals surface area (Å²) in [4.78, 5) is 14.7. The largest absolute Gasteiger partial charge is 0.461 e. The van der Waals surface area contributed by atoms with Crippen molar-refractivity contribution in [2.45, 2.75) is 57.1 Å². The van der Waals surface area contributed by atoms with Gasteiger partial charge >= 0.3 is 5.97 Å². The first-order chi connectivity index (χ1) is 8.66. The molecule has 0 bridgehead atoms. The second-order valence-corrected chi connectivity index (χ2v) is 5.77. The van der Waals surface area contributed by atoms with Crippen molar-refractivity contribution < 1.29 is 9.53 Å². The first-order valence-corrected chi connectivity index (χ1v) is 7.31. The fourth-order valence-electron chi connectivity index (χ4n) is 3.09. The minimum Gasteiger partial charge on any atom is -0.461 e. The van der Waals surface area contributed by atoms with Gasteiger partial charge in [0.25, 0.3) is 0 Å². The molecule has 2 rings (SSSR count). The van der Waals surface area contributed by atoms with E-state index in [1.54, 1.807) is 0 Å². The van der Waals surface area contributed by atoms with E-state index in [4.69, 9.17) is 4.74 Å². The molecular formula is C14H26N2O2. The third kappa shape index (κ3) is 3.04. The van der Waals surface area contributed by atoms with E-state index in [1.807, 2.05) is 0 Å². The van der Waals surface area contributed by atoms with Crippen molar-refractivity contribution in [3.8, 4) is 0 Å². The van der Waals surface area contributed by atoms with Crippen LogP contribution >= 0.6 is 0 Å². The summed E-state index contributed by atoms with van der Waals surface area (Å²) in [7, 11) is 2.12. The topological polar surface area (TPSA) is 41.6 Å². The highest BCUT2D eigenvalue weighted by molar-refractivity contribution is 5.81. The summed E-state index contributed by atoms with van der Waals surface area (Å²) >= 11 is 0. The van der Waals surface area contributed by atoms with E-state index in [0.717, 1.165) is 58.2 Å². The maximum Gasteiger partial charge on any atom is 0.326 e. The molecule has 2 fully saturated rings. The predicted molar refractivity (Wildman–Crippen MR) is 71.5 cm³/mol. The van der Waals surface area contributed by atoms with Crippen LogP contribution in [-0.2, 0) is 9.53 Å². The van der Waals surface area contributed by atoms with Gasteiger partial charge < -0.3 is 15.0 Å². The Hall–Kier alpha value is -0.610. The summed E-state index contributed by atoms with van der Waals surface area (Å²) < 4.78 is 5.75. The molecule has 2 aliphatic rings. The van der Waals surface area contributed by atoms with Crippen molar-refractivity contribution in [3.05, 3.63) is 0 Å². The SMILES string of the molecule is CCCC1(C(=O)OC2CCN(C)CC2)CCCN1. The molecule has 1 N–H and O–H groups in total. The molecule has 4 nitrogen and oxygen atoms in total. The Labute approximate surface area is 110 Å². The van der Waals surface area contributed by atoms with Crippen molar-refractivity contribution in [1.82, 2.24) is 10.2 Å². The lowest BCUT2D eigenvalue weighted by Crippen LogP contribution is -2.50. The zero-order valence-corrected chi connectivity index (χ0v) is 11.7. The summed E-state index contributed by atoms with van der Waals surface area (Å²) in [5.74, 6) is -0.00333. The molecular weight excluding hydrogens is 228 g/mol. The van der Waals surface area contributed by atoms with Gasteiger partial charge in [-0.2, -0.15) is 0 Å². The van der Waals surface area contributed by atoms with Crippen LogP contribution in [0.15, 0.2) is 0 Å². The van der Waals surface area contributed by atoms with Crippen molar-refractivity contribution in [1.29, 1.82) is 0 Å². The minimum atomic E-state index is -0.377. The summed E-state index contributed by atoms with van der Waals surface area (Å²) in [6.45, 7) is 5.14. The fourth-order valence-corrected chi connectivity index (χ4v) is 3.09. The average molecular weight is 254 g/mol. The minimum absolute atomic E-state index is 0.00333. The molecule has 4 heteroatoms. The van der Waals surface area contributed by atoms with Gasteiger partial charge in [-0.25, -0.2) is 0 Å². The van der Waals surface area contributed by atoms with Crippen LogP contribution in [0.5, 0.6) is 0 Å². The quantitative estimate of drug-likeness (QED) is 0.773. The maximum absolute atomic E-state index is 12.4. The highest BCUT2D eigenvalue weighted by Crippen LogP contribution is 2.27. The Kier molecular flexibility index (Phi) is 4.62. The average Bonchev–Trinajstić information content (AvgIpc) is 2.82. The Balaban J connectivity index is 1.89. The van der Waals surface area contributed by atoms with Gasteiger partial charge in [0.05, 0.1) is 0 Å².